The van der Waals surface area contributed by atoms with Gasteiger partial charge in [0.05, 0.1) is 23.4 Å². The van der Waals surface area contributed by atoms with Gasteiger partial charge >= 0.3 is 0 Å². The summed E-state index contributed by atoms with van der Waals surface area (Å²) in [5.74, 6) is 0.721. The second kappa shape index (κ2) is 6.60. The van der Waals surface area contributed by atoms with Gasteiger partial charge in [0.15, 0.2) is 5.82 Å². The third-order valence-electron chi connectivity index (χ3n) is 3.50. The van der Waals surface area contributed by atoms with E-state index in [0.29, 0.717) is 29.2 Å². The van der Waals surface area contributed by atoms with Crippen molar-refractivity contribution in [3.63, 3.8) is 0 Å². The predicted molar refractivity (Wildman–Crippen MR) is 86.9 cm³/mol. The molecule has 1 aromatic heterocycles. The lowest BCUT2D eigenvalue weighted by Gasteiger charge is -2.07. The standard InChI is InChI=1S/C18H15FN4O/c1-12(24)10-17-21-18(14-4-6-15(19)7-5-14)22-23(17)16-8-2-13(11-20)3-9-16/h2-9,12,24H,10H2,1H3. The Morgan fingerprint density at radius 1 is 1.17 bits per heavy atom. The van der Waals surface area contributed by atoms with Crippen LogP contribution in [0.15, 0.2) is 48.5 Å². The number of nitriles is 1. The molecule has 0 spiro atoms. The topological polar surface area (TPSA) is 74.7 Å². The molecule has 3 aromatic rings. The molecule has 120 valence electrons. The molecular formula is C18H15FN4O. The van der Waals surface area contributed by atoms with E-state index in [1.165, 1.54) is 12.1 Å². The molecule has 5 nitrogen and oxygen atoms in total. The van der Waals surface area contributed by atoms with E-state index >= 15 is 0 Å². The number of hydrogen-bond donors (Lipinski definition) is 1. The fraction of sp³-hybridized carbons (Fsp3) is 0.167. The summed E-state index contributed by atoms with van der Waals surface area (Å²) < 4.78 is 14.7. The lowest BCUT2D eigenvalue weighted by Crippen LogP contribution is -2.11. The molecule has 0 aliphatic rings. The first-order chi connectivity index (χ1) is 11.6. The van der Waals surface area contributed by atoms with Crippen LogP contribution in [0.25, 0.3) is 17.1 Å². The monoisotopic (exact) mass is 322 g/mol. The highest BCUT2D eigenvalue weighted by Gasteiger charge is 2.15. The van der Waals surface area contributed by atoms with Crippen LogP contribution < -0.4 is 0 Å². The molecule has 0 aliphatic heterocycles. The summed E-state index contributed by atoms with van der Waals surface area (Å²) in [6.45, 7) is 1.68. The van der Waals surface area contributed by atoms with Crippen LogP contribution in [0.3, 0.4) is 0 Å². The number of aromatic nitrogens is 3. The minimum atomic E-state index is -0.576. The molecule has 6 heteroatoms. The summed E-state index contributed by atoms with van der Waals surface area (Å²) in [5.41, 5.74) is 1.98. The second-order valence-corrected chi connectivity index (χ2v) is 5.48. The number of halogens is 1. The van der Waals surface area contributed by atoms with Gasteiger partial charge in [-0.15, -0.1) is 5.10 Å². The number of hydrogen-bond acceptors (Lipinski definition) is 4. The molecule has 24 heavy (non-hydrogen) atoms. The number of nitrogens with zero attached hydrogens (tertiary/aromatic N) is 4. The number of aliphatic hydroxyl groups is 1. The molecule has 0 saturated heterocycles. The Bertz CT molecular complexity index is 877. The van der Waals surface area contributed by atoms with Crippen molar-refractivity contribution in [3.05, 3.63) is 65.7 Å². The minimum Gasteiger partial charge on any atom is -0.393 e. The fourth-order valence-electron chi connectivity index (χ4n) is 2.35. The average Bonchev–Trinajstić information content (AvgIpc) is 2.98. The van der Waals surface area contributed by atoms with Gasteiger partial charge in [0.2, 0.25) is 0 Å². The predicted octanol–water partition coefficient (Wildman–Crippen LogP) is 2.87. The van der Waals surface area contributed by atoms with E-state index in [2.05, 4.69) is 16.2 Å². The Morgan fingerprint density at radius 3 is 2.42 bits per heavy atom. The summed E-state index contributed by atoms with van der Waals surface area (Å²) in [6.07, 6.45) is -0.249. The largest absolute Gasteiger partial charge is 0.393 e. The maximum Gasteiger partial charge on any atom is 0.181 e. The van der Waals surface area contributed by atoms with Gasteiger partial charge in [-0.3, -0.25) is 0 Å². The van der Waals surface area contributed by atoms with E-state index in [4.69, 9.17) is 5.26 Å². The fourth-order valence-corrected chi connectivity index (χ4v) is 2.35. The highest BCUT2D eigenvalue weighted by atomic mass is 19.1. The summed E-state index contributed by atoms with van der Waals surface area (Å²) >= 11 is 0. The Balaban J connectivity index is 2.05. The van der Waals surface area contributed by atoms with Crippen LogP contribution in [0.4, 0.5) is 4.39 Å². The molecular weight excluding hydrogens is 307 g/mol. The minimum absolute atomic E-state index is 0.325. The molecule has 0 amide bonds. The van der Waals surface area contributed by atoms with Crippen molar-refractivity contribution in [3.8, 4) is 23.1 Å². The van der Waals surface area contributed by atoms with E-state index in [1.807, 2.05) is 0 Å². The lowest BCUT2D eigenvalue weighted by molar-refractivity contribution is 0.192. The normalized spacial score (nSPS) is 11.9. The van der Waals surface area contributed by atoms with E-state index in [1.54, 1.807) is 48.0 Å². The van der Waals surface area contributed by atoms with Gasteiger partial charge in [-0.05, 0) is 55.5 Å². The molecule has 0 fully saturated rings. The smallest absolute Gasteiger partial charge is 0.181 e. The number of aliphatic hydroxyl groups excluding tert-OH is 1. The van der Waals surface area contributed by atoms with Crippen LogP contribution in [0, 0.1) is 17.1 Å². The maximum atomic E-state index is 13.1. The highest BCUT2D eigenvalue weighted by Crippen LogP contribution is 2.20. The van der Waals surface area contributed by atoms with Gasteiger partial charge < -0.3 is 5.11 Å². The van der Waals surface area contributed by atoms with E-state index < -0.39 is 6.10 Å². The van der Waals surface area contributed by atoms with Crippen LogP contribution in [-0.4, -0.2) is 26.0 Å². The zero-order valence-electron chi connectivity index (χ0n) is 13.0. The van der Waals surface area contributed by atoms with E-state index in [0.717, 1.165) is 5.69 Å². The lowest BCUT2D eigenvalue weighted by atomic mass is 10.2. The quantitative estimate of drug-likeness (QED) is 0.801. The molecule has 0 saturated carbocycles. The molecule has 1 atom stereocenters. The van der Waals surface area contributed by atoms with Gasteiger partial charge in [0, 0.05) is 12.0 Å². The Kier molecular flexibility index (Phi) is 4.36. The molecule has 2 aromatic carbocycles. The molecule has 1 N–H and O–H groups in total. The van der Waals surface area contributed by atoms with Gasteiger partial charge in [-0.1, -0.05) is 0 Å². The van der Waals surface area contributed by atoms with Gasteiger partial charge in [0.1, 0.15) is 11.6 Å². The first-order valence-corrected chi connectivity index (χ1v) is 7.47. The molecule has 0 radical (unpaired) electrons. The average molecular weight is 322 g/mol. The third-order valence-corrected chi connectivity index (χ3v) is 3.50. The molecule has 1 unspecified atom stereocenters. The number of rotatable bonds is 4. The zero-order chi connectivity index (χ0) is 17.1. The van der Waals surface area contributed by atoms with E-state index in [9.17, 15) is 9.50 Å². The first kappa shape index (κ1) is 15.8. The van der Waals surface area contributed by atoms with Crippen molar-refractivity contribution in [1.82, 2.24) is 14.8 Å². The van der Waals surface area contributed by atoms with Crippen LogP contribution in [0.1, 0.15) is 18.3 Å². The van der Waals surface area contributed by atoms with Crippen molar-refractivity contribution < 1.29 is 9.50 Å². The summed E-state index contributed by atoms with van der Waals surface area (Å²) in [7, 11) is 0. The molecule has 0 aliphatic carbocycles. The SMILES string of the molecule is CC(O)Cc1nc(-c2ccc(F)cc2)nn1-c1ccc(C#N)cc1. The van der Waals surface area contributed by atoms with Crippen LogP contribution >= 0.6 is 0 Å². The summed E-state index contributed by atoms with van der Waals surface area (Å²) in [4.78, 5) is 4.47. The van der Waals surface area contributed by atoms with Crippen molar-refractivity contribution in [2.75, 3.05) is 0 Å². The van der Waals surface area contributed by atoms with Crippen LogP contribution in [0.2, 0.25) is 0 Å². The highest BCUT2D eigenvalue weighted by molar-refractivity contribution is 5.55. The van der Waals surface area contributed by atoms with Gasteiger partial charge in [0.25, 0.3) is 0 Å². The first-order valence-electron chi connectivity index (χ1n) is 7.47. The Hall–Kier alpha value is -3.04. The van der Waals surface area contributed by atoms with Crippen molar-refractivity contribution in [1.29, 1.82) is 5.26 Å². The zero-order valence-corrected chi connectivity index (χ0v) is 13.0. The Labute approximate surface area is 138 Å². The maximum absolute atomic E-state index is 13.1. The van der Waals surface area contributed by atoms with E-state index in [-0.39, 0.29) is 5.82 Å². The van der Waals surface area contributed by atoms with Crippen molar-refractivity contribution in [2.24, 2.45) is 0 Å². The molecule has 3 rings (SSSR count). The van der Waals surface area contributed by atoms with Crippen molar-refractivity contribution in [2.45, 2.75) is 19.4 Å². The molecule has 1 heterocycles. The van der Waals surface area contributed by atoms with Gasteiger partial charge in [-0.2, -0.15) is 5.26 Å². The summed E-state index contributed by atoms with van der Waals surface area (Å²) in [6, 6.07) is 14.9. The Morgan fingerprint density at radius 2 is 1.83 bits per heavy atom. The summed E-state index contributed by atoms with van der Waals surface area (Å²) in [5, 5.41) is 23.1. The molecule has 0 bridgehead atoms. The van der Waals surface area contributed by atoms with Crippen LogP contribution in [0.5, 0.6) is 0 Å². The van der Waals surface area contributed by atoms with Crippen LogP contribution in [-0.2, 0) is 6.42 Å². The van der Waals surface area contributed by atoms with Gasteiger partial charge in [-0.25, -0.2) is 14.1 Å². The third kappa shape index (κ3) is 3.31. The second-order valence-electron chi connectivity index (χ2n) is 5.48. The number of benzene rings is 2. The van der Waals surface area contributed by atoms with Crippen molar-refractivity contribution >= 4 is 0 Å².